The largest absolute Gasteiger partial charge is 0.378 e. The summed E-state index contributed by atoms with van der Waals surface area (Å²) >= 11 is 6.34. The Bertz CT molecular complexity index is 1820. The van der Waals surface area contributed by atoms with Gasteiger partial charge in [-0.2, -0.15) is 5.10 Å². The Morgan fingerprint density at radius 1 is 0.829 bits per heavy atom. The number of para-hydroxylation sites is 3. The van der Waals surface area contributed by atoms with Crippen LogP contribution in [0.4, 0.5) is 28.6 Å². The van der Waals surface area contributed by atoms with Gasteiger partial charge in [-0.1, -0.05) is 60.1 Å². The smallest absolute Gasteiger partial charge is 0.179 e. The Kier molecular flexibility index (Phi) is 6.09. The van der Waals surface area contributed by atoms with Crippen LogP contribution in [0.1, 0.15) is 22.9 Å². The van der Waals surface area contributed by atoms with Gasteiger partial charge >= 0.3 is 0 Å². The van der Waals surface area contributed by atoms with E-state index in [0.717, 1.165) is 56.9 Å². The minimum atomic E-state index is -0.181. The molecule has 2 aliphatic heterocycles. The summed E-state index contributed by atoms with van der Waals surface area (Å²) in [7, 11) is 4.11. The molecule has 202 valence electrons. The maximum Gasteiger partial charge on any atom is 0.179 e. The van der Waals surface area contributed by atoms with Crippen LogP contribution in [0, 0.1) is 6.92 Å². The van der Waals surface area contributed by atoms with Gasteiger partial charge in [0.05, 0.1) is 28.8 Å². The second-order valence-corrected chi connectivity index (χ2v) is 10.8. The molecule has 0 aliphatic carbocycles. The Morgan fingerprint density at radius 2 is 1.59 bits per heavy atom. The molecular formula is C33H28ClN7. The van der Waals surface area contributed by atoms with E-state index < -0.39 is 0 Å². The van der Waals surface area contributed by atoms with Crippen molar-refractivity contribution in [3.8, 4) is 5.69 Å². The van der Waals surface area contributed by atoms with Crippen molar-refractivity contribution in [1.82, 2.24) is 9.78 Å². The Labute approximate surface area is 244 Å². The molecule has 0 radical (unpaired) electrons. The van der Waals surface area contributed by atoms with E-state index in [4.69, 9.17) is 26.7 Å². The molecule has 41 heavy (non-hydrogen) atoms. The lowest BCUT2D eigenvalue weighted by molar-refractivity contribution is 0.815. The first-order chi connectivity index (χ1) is 20.0. The number of aryl methyl sites for hydroxylation is 1. The zero-order valence-corrected chi connectivity index (χ0v) is 23.7. The van der Waals surface area contributed by atoms with Gasteiger partial charge in [0.1, 0.15) is 0 Å². The van der Waals surface area contributed by atoms with Crippen LogP contribution in [-0.4, -0.2) is 35.5 Å². The molecule has 0 saturated carbocycles. The van der Waals surface area contributed by atoms with Crippen LogP contribution >= 0.6 is 11.6 Å². The molecule has 1 aromatic heterocycles. The highest BCUT2D eigenvalue weighted by molar-refractivity contribution is 6.51. The van der Waals surface area contributed by atoms with Crippen LogP contribution in [0.15, 0.2) is 113 Å². The minimum Gasteiger partial charge on any atom is -0.378 e. The lowest BCUT2D eigenvalue weighted by Crippen LogP contribution is -2.46. The summed E-state index contributed by atoms with van der Waals surface area (Å²) < 4.78 is 1.94. The van der Waals surface area contributed by atoms with E-state index in [2.05, 4.69) is 78.6 Å². The van der Waals surface area contributed by atoms with E-state index in [0.29, 0.717) is 10.9 Å². The average molecular weight is 558 g/mol. The molecule has 0 amide bonds. The molecule has 1 atom stereocenters. The lowest BCUT2D eigenvalue weighted by Gasteiger charge is -2.40. The number of nitrogens with one attached hydrogen (secondary N) is 1. The molecule has 2 aliphatic rings. The summed E-state index contributed by atoms with van der Waals surface area (Å²) in [6, 6.07) is 34.5. The second kappa shape index (κ2) is 9.94. The Morgan fingerprint density at radius 3 is 2.34 bits per heavy atom. The van der Waals surface area contributed by atoms with Gasteiger partial charge in [-0.15, -0.1) is 0 Å². The number of halogens is 1. The highest BCUT2D eigenvalue weighted by Gasteiger charge is 2.41. The van der Waals surface area contributed by atoms with Crippen molar-refractivity contribution in [3.05, 3.63) is 125 Å². The van der Waals surface area contributed by atoms with Crippen LogP contribution in [0.2, 0.25) is 5.02 Å². The van der Waals surface area contributed by atoms with Gasteiger partial charge in [0, 0.05) is 36.1 Å². The number of fused-ring (bicyclic) bond motifs is 4. The number of benzene rings is 4. The van der Waals surface area contributed by atoms with Crippen molar-refractivity contribution < 1.29 is 0 Å². The van der Waals surface area contributed by atoms with Crippen LogP contribution < -0.4 is 15.1 Å². The van der Waals surface area contributed by atoms with Crippen LogP contribution in [0.5, 0.6) is 0 Å². The van der Waals surface area contributed by atoms with Crippen molar-refractivity contribution >= 4 is 51.8 Å². The monoisotopic (exact) mass is 557 g/mol. The topological polar surface area (TPSA) is 61.1 Å². The molecule has 3 heterocycles. The average Bonchev–Trinajstić information content (AvgIpc) is 3.32. The van der Waals surface area contributed by atoms with Gasteiger partial charge in [-0.25, -0.2) is 14.7 Å². The van der Waals surface area contributed by atoms with Crippen molar-refractivity contribution in [1.29, 1.82) is 0 Å². The van der Waals surface area contributed by atoms with Crippen molar-refractivity contribution in [2.75, 3.05) is 29.2 Å². The molecule has 0 unspecified atom stereocenters. The third-order valence-electron chi connectivity index (χ3n) is 7.45. The quantitative estimate of drug-likeness (QED) is 0.246. The van der Waals surface area contributed by atoms with E-state index in [1.54, 1.807) is 0 Å². The Balaban J connectivity index is 1.48. The zero-order valence-electron chi connectivity index (χ0n) is 23.0. The van der Waals surface area contributed by atoms with Crippen LogP contribution in [-0.2, 0) is 0 Å². The van der Waals surface area contributed by atoms with Crippen LogP contribution in [0.25, 0.3) is 5.69 Å². The Hall–Kier alpha value is -4.88. The summed E-state index contributed by atoms with van der Waals surface area (Å²) in [6.07, 6.45) is 0. The summed E-state index contributed by atoms with van der Waals surface area (Å²) in [4.78, 5) is 14.7. The van der Waals surface area contributed by atoms with Crippen molar-refractivity contribution in [2.45, 2.75) is 13.0 Å². The highest BCUT2D eigenvalue weighted by atomic mass is 35.5. The molecule has 1 N–H and O–H groups in total. The first-order valence-corrected chi connectivity index (χ1v) is 13.9. The lowest BCUT2D eigenvalue weighted by atomic mass is 9.93. The second-order valence-electron chi connectivity index (χ2n) is 10.3. The van der Waals surface area contributed by atoms with E-state index >= 15 is 0 Å². The fraction of sp³-hybridized carbons (Fsp3) is 0.121. The number of hydrogen-bond acceptors (Lipinski definition) is 6. The highest BCUT2D eigenvalue weighted by Crippen LogP contribution is 2.48. The molecule has 4 aromatic carbocycles. The van der Waals surface area contributed by atoms with E-state index in [1.807, 2.05) is 65.3 Å². The minimum absolute atomic E-state index is 0.181. The molecule has 0 fully saturated rings. The first kappa shape index (κ1) is 25.1. The summed E-state index contributed by atoms with van der Waals surface area (Å²) in [5.41, 5.74) is 7.91. The molecule has 8 heteroatoms. The maximum absolute atomic E-state index is 6.34. The third kappa shape index (κ3) is 4.35. The molecule has 0 saturated heterocycles. The van der Waals surface area contributed by atoms with Gasteiger partial charge in [0.25, 0.3) is 0 Å². The number of rotatable bonds is 4. The summed E-state index contributed by atoms with van der Waals surface area (Å²) in [5.74, 6) is 2.15. The van der Waals surface area contributed by atoms with Crippen molar-refractivity contribution in [3.63, 3.8) is 0 Å². The fourth-order valence-corrected chi connectivity index (χ4v) is 5.71. The normalized spacial score (nSPS) is 15.3. The van der Waals surface area contributed by atoms with Gasteiger partial charge in [0.2, 0.25) is 0 Å². The maximum atomic E-state index is 6.34. The first-order valence-electron chi connectivity index (χ1n) is 13.5. The van der Waals surface area contributed by atoms with Gasteiger partial charge in [0.15, 0.2) is 17.5 Å². The zero-order chi connectivity index (χ0) is 28.1. The van der Waals surface area contributed by atoms with Gasteiger partial charge in [-0.3, -0.25) is 0 Å². The molecule has 5 aromatic rings. The number of hydrogen-bond donors (Lipinski definition) is 1. The molecule has 0 spiro atoms. The predicted octanol–water partition coefficient (Wildman–Crippen LogP) is 7.70. The van der Waals surface area contributed by atoms with Crippen LogP contribution in [0.3, 0.4) is 0 Å². The molecular weight excluding hydrogens is 530 g/mol. The number of nitrogens with zero attached hydrogens (tertiary/aromatic N) is 6. The summed E-state index contributed by atoms with van der Waals surface area (Å²) in [5, 5.41) is 9.17. The third-order valence-corrected chi connectivity index (χ3v) is 7.69. The number of aliphatic imine (C=N–C) groups is 2. The summed E-state index contributed by atoms with van der Waals surface area (Å²) in [6.45, 7) is 2.06. The van der Waals surface area contributed by atoms with E-state index in [1.165, 1.54) is 0 Å². The number of amidine groups is 2. The molecule has 7 nitrogen and oxygen atoms in total. The van der Waals surface area contributed by atoms with Gasteiger partial charge in [-0.05, 0) is 67.1 Å². The number of anilines is 3. The van der Waals surface area contributed by atoms with Gasteiger partial charge < -0.3 is 15.1 Å². The van der Waals surface area contributed by atoms with E-state index in [-0.39, 0.29) is 6.04 Å². The van der Waals surface area contributed by atoms with E-state index in [9.17, 15) is 0 Å². The fourth-order valence-electron chi connectivity index (χ4n) is 5.52. The SMILES string of the molecule is Cc1nn(-c2ccccc2)c2c1[C@H](c1ccc(N(C)C)cc1)N1C(=N2)C(Nc2cccc(Cl)c2)=Nc2ccccc21. The standard InChI is InChI=1S/C33H28ClN7/c1-21-29-30(22-16-18-25(19-17-22)39(2)3)40-28-15-8-7-14-27(28)36-31(35-24-11-9-10-23(34)20-24)33(40)37-32(29)41(38-21)26-12-5-4-6-13-26/h4-20,30H,1-3H3,(H,35,36)/t30-/m0/s1. The predicted molar refractivity (Wildman–Crippen MR) is 169 cm³/mol. The van der Waals surface area contributed by atoms with Crippen molar-refractivity contribution in [2.24, 2.45) is 9.98 Å². The molecule has 0 bridgehead atoms. The molecule has 7 rings (SSSR count). The number of aromatic nitrogens is 2.